The van der Waals surface area contributed by atoms with Crippen LogP contribution in [0.4, 0.5) is 0 Å². The van der Waals surface area contributed by atoms with Crippen LogP contribution in [0.25, 0.3) is 21.9 Å². The van der Waals surface area contributed by atoms with Gasteiger partial charge in [-0.25, -0.2) is 0 Å². The first-order valence-corrected chi connectivity index (χ1v) is 21.3. The van der Waals surface area contributed by atoms with Crippen LogP contribution in [0.5, 0.6) is 40.2 Å². The zero-order valence-corrected chi connectivity index (χ0v) is 33.5. The summed E-state index contributed by atoms with van der Waals surface area (Å²) in [5, 5.41) is 58.2. The fourth-order valence-electron chi connectivity index (χ4n) is 10.0. The molecule has 0 saturated heterocycles. The zero-order chi connectivity index (χ0) is 40.6. The maximum atomic E-state index is 12.6. The molecule has 2 saturated carbocycles. The molecule has 0 bridgehead atoms. The standard InChI is InChI=1S/C49H54O10/c1-55-19-7-14-43-45(47(54)41-26-44(58-35-12-4-5-13-35)39-24-33(52)16-18-38(39)49(41)59-43)42-27-56-48-30(23-36(25-40(48)46(42)53)57-34-10-2-3-11-34)20-29-22-32(51)15-17-37(29)28-8-6-9-31(50)21-28/h6,8-9,15-18,21-26,34-35,42-43,45-47,50-54H,2-5,7,10-14,19-20,27H2,1H3. The minimum atomic E-state index is -1.04. The van der Waals surface area contributed by atoms with E-state index in [1.165, 1.54) is 0 Å². The Hall–Kier alpha value is -5.16. The van der Waals surface area contributed by atoms with Crippen LogP contribution in [0.15, 0.2) is 78.9 Å². The normalized spacial score (nSPS) is 23.1. The van der Waals surface area contributed by atoms with Crippen LogP contribution < -0.4 is 18.9 Å². The SMILES string of the molecule is COCCCC1Oc2c(cc(OC3CCCC3)c3cc(O)ccc23)C(O)C1C1COc2c(Cc3cc(O)ccc3-c3cccc(O)c3)cc(OC3CCCC3)cc2C1O. The van der Waals surface area contributed by atoms with Crippen molar-refractivity contribution < 1.29 is 49.2 Å². The quantitative estimate of drug-likeness (QED) is 0.0773. The minimum absolute atomic E-state index is 0.0496. The summed E-state index contributed by atoms with van der Waals surface area (Å²) in [6, 6.07) is 23.1. The van der Waals surface area contributed by atoms with Crippen molar-refractivity contribution in [3.8, 4) is 51.4 Å². The van der Waals surface area contributed by atoms with Gasteiger partial charge in [-0.2, -0.15) is 0 Å². The third kappa shape index (κ3) is 7.98. The van der Waals surface area contributed by atoms with Crippen LogP contribution in [-0.2, 0) is 11.2 Å². The van der Waals surface area contributed by atoms with Crippen molar-refractivity contribution in [3.05, 3.63) is 101 Å². The Labute approximate surface area is 344 Å². The van der Waals surface area contributed by atoms with Crippen LogP contribution in [-0.4, -0.2) is 64.2 Å². The van der Waals surface area contributed by atoms with Crippen molar-refractivity contribution in [1.29, 1.82) is 0 Å². The number of benzene rings is 5. The molecule has 10 nitrogen and oxygen atoms in total. The van der Waals surface area contributed by atoms with Gasteiger partial charge in [0.15, 0.2) is 0 Å². The van der Waals surface area contributed by atoms with E-state index in [0.29, 0.717) is 60.0 Å². The predicted octanol–water partition coefficient (Wildman–Crippen LogP) is 9.44. The largest absolute Gasteiger partial charge is 0.508 e. The first-order valence-electron chi connectivity index (χ1n) is 21.3. The van der Waals surface area contributed by atoms with Gasteiger partial charge in [-0.3, -0.25) is 0 Å². The summed E-state index contributed by atoms with van der Waals surface area (Å²) in [5.41, 5.74) is 4.44. The van der Waals surface area contributed by atoms with E-state index in [1.807, 2.05) is 36.4 Å². The third-order valence-electron chi connectivity index (χ3n) is 12.9. The van der Waals surface area contributed by atoms with Crippen molar-refractivity contribution in [3.63, 3.8) is 0 Å². The van der Waals surface area contributed by atoms with E-state index in [9.17, 15) is 25.5 Å². The number of phenols is 3. The fraction of sp³-hybridized carbons (Fsp3) is 0.429. The number of rotatable bonds is 12. The van der Waals surface area contributed by atoms with Gasteiger partial charge in [0.2, 0.25) is 0 Å². The Bertz CT molecular complexity index is 2290. The van der Waals surface area contributed by atoms with Crippen molar-refractivity contribution in [2.24, 2.45) is 11.8 Å². The van der Waals surface area contributed by atoms with Gasteiger partial charge < -0.3 is 49.2 Å². The molecular weight excluding hydrogens is 749 g/mol. The number of methoxy groups -OCH3 is 1. The van der Waals surface area contributed by atoms with Crippen LogP contribution in [0.3, 0.4) is 0 Å². The van der Waals surface area contributed by atoms with E-state index in [2.05, 4.69) is 0 Å². The van der Waals surface area contributed by atoms with Gasteiger partial charge in [-0.1, -0.05) is 18.2 Å². The molecule has 0 spiro atoms. The summed E-state index contributed by atoms with van der Waals surface area (Å²) in [7, 11) is 1.66. The van der Waals surface area contributed by atoms with Gasteiger partial charge in [-0.15, -0.1) is 0 Å². The molecule has 59 heavy (non-hydrogen) atoms. The highest BCUT2D eigenvalue weighted by Crippen LogP contribution is 2.54. The lowest BCUT2D eigenvalue weighted by Crippen LogP contribution is -2.46. The molecule has 2 heterocycles. The Balaban J connectivity index is 1.11. The second-order valence-electron chi connectivity index (χ2n) is 16.9. The molecule has 2 fully saturated rings. The van der Waals surface area contributed by atoms with Crippen molar-refractivity contribution in [1.82, 2.24) is 0 Å². The average molecular weight is 803 g/mol. The van der Waals surface area contributed by atoms with Gasteiger partial charge in [0.05, 0.1) is 31.0 Å². The molecule has 2 aliphatic carbocycles. The molecule has 0 amide bonds. The number of ether oxygens (including phenoxy) is 5. The fourth-order valence-corrected chi connectivity index (χ4v) is 10.0. The Morgan fingerprint density at radius 3 is 2.15 bits per heavy atom. The van der Waals surface area contributed by atoms with E-state index >= 15 is 0 Å². The number of hydrogen-bond donors (Lipinski definition) is 5. The van der Waals surface area contributed by atoms with Crippen LogP contribution >= 0.6 is 0 Å². The monoisotopic (exact) mass is 802 g/mol. The Kier molecular flexibility index (Phi) is 11.2. The highest BCUT2D eigenvalue weighted by molar-refractivity contribution is 5.96. The van der Waals surface area contributed by atoms with E-state index in [4.69, 9.17) is 23.7 Å². The van der Waals surface area contributed by atoms with E-state index in [-0.39, 0.29) is 36.1 Å². The Morgan fingerprint density at radius 1 is 0.678 bits per heavy atom. The average Bonchev–Trinajstić information content (AvgIpc) is 3.94. The number of fused-ring (bicyclic) bond motifs is 4. The number of aliphatic hydroxyl groups is 2. The molecule has 10 heteroatoms. The summed E-state index contributed by atoms with van der Waals surface area (Å²) in [6.07, 6.45) is 7.34. The summed E-state index contributed by atoms with van der Waals surface area (Å²) in [5.74, 6) is 1.60. The zero-order valence-electron chi connectivity index (χ0n) is 33.5. The van der Waals surface area contributed by atoms with E-state index in [1.54, 1.807) is 49.6 Å². The first kappa shape index (κ1) is 39.3. The topological polar surface area (TPSA) is 147 Å². The molecule has 5 N–H and O–H groups in total. The number of aliphatic hydroxyl groups excluding tert-OH is 2. The molecule has 5 unspecified atom stereocenters. The molecule has 0 aromatic heterocycles. The molecule has 9 rings (SSSR count). The highest BCUT2D eigenvalue weighted by atomic mass is 16.5. The van der Waals surface area contributed by atoms with E-state index in [0.717, 1.165) is 84.4 Å². The molecule has 310 valence electrons. The van der Waals surface area contributed by atoms with Gasteiger partial charge >= 0.3 is 0 Å². The predicted molar refractivity (Wildman–Crippen MR) is 224 cm³/mol. The molecule has 0 radical (unpaired) electrons. The van der Waals surface area contributed by atoms with Crippen LogP contribution in [0, 0.1) is 11.8 Å². The minimum Gasteiger partial charge on any atom is -0.508 e. The highest BCUT2D eigenvalue weighted by Gasteiger charge is 2.48. The molecule has 5 atom stereocenters. The van der Waals surface area contributed by atoms with Crippen molar-refractivity contribution in [2.75, 3.05) is 20.3 Å². The molecule has 4 aliphatic rings. The van der Waals surface area contributed by atoms with Crippen molar-refractivity contribution >= 4 is 10.8 Å². The molecule has 2 aliphatic heterocycles. The molecule has 5 aromatic carbocycles. The van der Waals surface area contributed by atoms with Gasteiger partial charge in [0.1, 0.15) is 46.4 Å². The second kappa shape index (κ2) is 16.8. The lowest BCUT2D eigenvalue weighted by Gasteiger charge is -2.45. The first-order chi connectivity index (χ1) is 28.7. The van der Waals surface area contributed by atoms with Crippen molar-refractivity contribution in [2.45, 2.75) is 101 Å². The van der Waals surface area contributed by atoms with Crippen LogP contribution in [0.1, 0.15) is 98.7 Å². The smallest absolute Gasteiger partial charge is 0.133 e. The molecular formula is C49H54O10. The summed E-state index contributed by atoms with van der Waals surface area (Å²) >= 11 is 0. The second-order valence-corrected chi connectivity index (χ2v) is 16.9. The number of hydrogen-bond acceptors (Lipinski definition) is 10. The third-order valence-corrected chi connectivity index (χ3v) is 12.9. The van der Waals surface area contributed by atoms with Crippen LogP contribution in [0.2, 0.25) is 0 Å². The molecule has 5 aromatic rings. The number of aromatic hydroxyl groups is 3. The summed E-state index contributed by atoms with van der Waals surface area (Å²) < 4.78 is 32.3. The van der Waals surface area contributed by atoms with E-state index < -0.39 is 30.1 Å². The van der Waals surface area contributed by atoms with Gasteiger partial charge in [0, 0.05) is 59.4 Å². The Morgan fingerprint density at radius 2 is 1.39 bits per heavy atom. The lowest BCUT2D eigenvalue weighted by atomic mass is 9.72. The maximum Gasteiger partial charge on any atom is 0.133 e. The van der Waals surface area contributed by atoms with Gasteiger partial charge in [0.25, 0.3) is 0 Å². The number of phenolic OH excluding ortho intramolecular Hbond substituents is 3. The van der Waals surface area contributed by atoms with Gasteiger partial charge in [-0.05, 0) is 142 Å². The maximum absolute atomic E-state index is 12.6. The summed E-state index contributed by atoms with van der Waals surface area (Å²) in [4.78, 5) is 0. The summed E-state index contributed by atoms with van der Waals surface area (Å²) in [6.45, 7) is 0.632. The lowest BCUT2D eigenvalue weighted by molar-refractivity contribution is -0.0884.